The van der Waals surface area contributed by atoms with Gasteiger partial charge in [-0.3, -0.25) is 0 Å². The molecular formula is H3CeO3. The standard InChI is InChI=1S/Ce.2H2O.O/h;2*1H2;/q+3;;;-2/p-1. The Morgan fingerprint density at radius 1 is 1.00 bits per heavy atom. The molecule has 0 heterocycles. The van der Waals surface area contributed by atoms with Crippen molar-refractivity contribution in [1.29, 1.82) is 0 Å². The summed E-state index contributed by atoms with van der Waals surface area (Å²) in [6, 6.07) is 0. The van der Waals surface area contributed by atoms with Crippen LogP contribution in [0.3, 0.4) is 0 Å². The number of rotatable bonds is 0. The van der Waals surface area contributed by atoms with Crippen molar-refractivity contribution in [3.63, 3.8) is 0 Å². The zero-order valence-corrected chi connectivity index (χ0v) is 5.00. The van der Waals surface area contributed by atoms with Gasteiger partial charge in [0.2, 0.25) is 0 Å². The summed E-state index contributed by atoms with van der Waals surface area (Å²) >= 11 is 0. The van der Waals surface area contributed by atoms with Gasteiger partial charge in [-0.25, -0.2) is 0 Å². The molecule has 3 N–H and O–H groups in total. The van der Waals surface area contributed by atoms with Gasteiger partial charge in [0, 0.05) is 0 Å². The Labute approximate surface area is 57.7 Å². The van der Waals surface area contributed by atoms with Gasteiger partial charge < -0.3 is 16.4 Å². The predicted molar refractivity (Wildman–Crippen MR) is 6.24 cm³/mol. The van der Waals surface area contributed by atoms with Crippen LogP contribution in [0.1, 0.15) is 0 Å². The van der Waals surface area contributed by atoms with Crippen molar-refractivity contribution >= 4 is 0 Å². The Kier molecular flexibility index (Phi) is 431. The van der Waals surface area contributed by atoms with Gasteiger partial charge in [0.25, 0.3) is 0 Å². The zero-order valence-electron chi connectivity index (χ0n) is 1.86. The van der Waals surface area contributed by atoms with Gasteiger partial charge >= 0.3 is 41.7 Å². The van der Waals surface area contributed by atoms with Gasteiger partial charge in [0.1, 0.15) is 0 Å². The normalized spacial score (nSPS) is 0. The maximum atomic E-state index is 0. The molecule has 0 aliphatic rings. The van der Waals surface area contributed by atoms with E-state index < -0.39 is 0 Å². The summed E-state index contributed by atoms with van der Waals surface area (Å²) in [5.74, 6) is 0. The van der Waals surface area contributed by atoms with Gasteiger partial charge in [0.05, 0.1) is 0 Å². The first kappa shape index (κ1) is 60.3. The molecule has 0 rings (SSSR count). The quantitative estimate of drug-likeness (QED) is 0.476. The second-order valence-electron chi connectivity index (χ2n) is 0. The molecular weight excluding hydrogens is 188 g/mol. The fourth-order valence-corrected chi connectivity index (χ4v) is 0. The molecule has 0 aromatic carbocycles. The maximum Gasteiger partial charge on any atom is 3.00 e. The van der Waals surface area contributed by atoms with Gasteiger partial charge in [-0.2, -0.15) is 0 Å². The van der Waals surface area contributed by atoms with E-state index >= 15 is 0 Å². The summed E-state index contributed by atoms with van der Waals surface area (Å²) in [6.07, 6.45) is 0. The second-order valence-corrected chi connectivity index (χ2v) is 0. The fourth-order valence-electron chi connectivity index (χ4n) is 0. The van der Waals surface area contributed by atoms with E-state index in [2.05, 4.69) is 0 Å². The van der Waals surface area contributed by atoms with Crippen molar-refractivity contribution in [2.75, 3.05) is 0 Å². The molecule has 0 atom stereocenters. The van der Waals surface area contributed by atoms with E-state index in [-0.39, 0.29) is 58.2 Å². The third kappa shape index (κ3) is 10.5. The van der Waals surface area contributed by atoms with Crippen LogP contribution in [0.2, 0.25) is 0 Å². The van der Waals surface area contributed by atoms with Crippen molar-refractivity contribution in [3.8, 4) is 0 Å². The van der Waals surface area contributed by atoms with Crippen LogP contribution in [-0.2, 0) is 5.48 Å². The van der Waals surface area contributed by atoms with Crippen molar-refractivity contribution in [2.24, 2.45) is 0 Å². The van der Waals surface area contributed by atoms with Gasteiger partial charge in [-0.1, -0.05) is 0 Å². The minimum absolute atomic E-state index is 0. The summed E-state index contributed by atoms with van der Waals surface area (Å²) in [6.45, 7) is 0. The second kappa shape index (κ2) is 28.6. The maximum absolute atomic E-state index is 0. The van der Waals surface area contributed by atoms with Crippen LogP contribution in [0.5, 0.6) is 0 Å². The first-order valence-corrected chi connectivity index (χ1v) is 0. The van der Waals surface area contributed by atoms with Crippen LogP contribution in [0.25, 0.3) is 0 Å². The summed E-state index contributed by atoms with van der Waals surface area (Å²) in [4.78, 5) is 0. The van der Waals surface area contributed by atoms with Crippen molar-refractivity contribution in [2.45, 2.75) is 0 Å². The van der Waals surface area contributed by atoms with Crippen LogP contribution in [0, 0.1) is 41.7 Å². The molecule has 0 aromatic rings. The fraction of sp³-hybridized carbons (Fsp3) is 0. The molecule has 3 nitrogen and oxygen atoms in total. The topological polar surface area (TPSA) is 90.0 Å². The third-order valence-corrected chi connectivity index (χ3v) is 0. The SMILES string of the molecule is O.[Ce+3].[O-2].[OH-]. The van der Waals surface area contributed by atoms with E-state index in [4.69, 9.17) is 0 Å². The van der Waals surface area contributed by atoms with Crippen LogP contribution >= 0.6 is 0 Å². The molecule has 0 aliphatic heterocycles. The Morgan fingerprint density at radius 2 is 1.00 bits per heavy atom. The largest absolute Gasteiger partial charge is 3.00 e. The van der Waals surface area contributed by atoms with Crippen LogP contribution < -0.4 is 0 Å². The average Bonchev–Trinajstić information content (AvgIpc) is 0. The predicted octanol–water partition coefficient (Wildman–Crippen LogP) is -1.12. The van der Waals surface area contributed by atoms with E-state index in [0.717, 1.165) is 0 Å². The van der Waals surface area contributed by atoms with E-state index in [1.54, 1.807) is 0 Å². The monoisotopic (exact) mass is 191 g/mol. The first-order chi connectivity index (χ1) is 0. The molecule has 4 heteroatoms. The van der Waals surface area contributed by atoms with E-state index in [1.807, 2.05) is 0 Å². The summed E-state index contributed by atoms with van der Waals surface area (Å²) in [5.41, 5.74) is 0. The van der Waals surface area contributed by atoms with Crippen molar-refractivity contribution in [3.05, 3.63) is 0 Å². The van der Waals surface area contributed by atoms with Gasteiger partial charge in [-0.05, 0) is 0 Å². The molecule has 0 bridgehead atoms. The van der Waals surface area contributed by atoms with Gasteiger partial charge in [-0.15, -0.1) is 0 Å². The third-order valence-electron chi connectivity index (χ3n) is 0. The Balaban J connectivity index is 0. The smallest absolute Gasteiger partial charge is 2.00 e. The Hall–Kier alpha value is 1.26. The number of hydrogen-bond donors (Lipinski definition) is 0. The van der Waals surface area contributed by atoms with Crippen LogP contribution in [0.15, 0.2) is 0 Å². The molecule has 4 heavy (non-hydrogen) atoms. The molecule has 0 spiro atoms. The molecule has 0 amide bonds. The van der Waals surface area contributed by atoms with Gasteiger partial charge in [0.15, 0.2) is 0 Å². The molecule has 25 valence electrons. The van der Waals surface area contributed by atoms with Crippen molar-refractivity contribution in [1.82, 2.24) is 0 Å². The molecule has 0 aromatic heterocycles. The number of hydrogen-bond acceptors (Lipinski definition) is 1. The molecule has 1 radical (unpaired) electrons. The Morgan fingerprint density at radius 3 is 1.00 bits per heavy atom. The van der Waals surface area contributed by atoms with Crippen LogP contribution in [-0.4, -0.2) is 11.0 Å². The minimum atomic E-state index is 0. The molecule has 0 aliphatic carbocycles. The summed E-state index contributed by atoms with van der Waals surface area (Å²) < 4.78 is 0. The molecule has 0 fully saturated rings. The average molecular weight is 191 g/mol. The Bertz CT molecular complexity index is 3.25. The van der Waals surface area contributed by atoms with E-state index in [9.17, 15) is 0 Å². The zero-order chi connectivity index (χ0) is 0. The minimum Gasteiger partial charge on any atom is -2.00 e. The molecule has 0 saturated carbocycles. The molecule has 0 unspecified atom stereocenters. The first-order valence-electron chi connectivity index (χ1n) is 0. The van der Waals surface area contributed by atoms with Crippen molar-refractivity contribution < 1.29 is 58.2 Å². The molecule has 0 saturated heterocycles. The van der Waals surface area contributed by atoms with E-state index in [0.29, 0.717) is 0 Å². The summed E-state index contributed by atoms with van der Waals surface area (Å²) in [5, 5.41) is 0. The van der Waals surface area contributed by atoms with E-state index in [1.165, 1.54) is 0 Å². The summed E-state index contributed by atoms with van der Waals surface area (Å²) in [7, 11) is 0. The van der Waals surface area contributed by atoms with Crippen LogP contribution in [0.4, 0.5) is 0 Å².